The fraction of sp³-hybridized carbons (Fsp3) is 0.846. The van der Waals surface area contributed by atoms with E-state index in [0.717, 1.165) is 32.6 Å². The van der Waals surface area contributed by atoms with Gasteiger partial charge in [-0.2, -0.15) is 0 Å². The number of likely N-dealkylation sites (N-methyl/N-ethyl adjacent to an activating group) is 1. The number of hydrogen-bond donors (Lipinski definition) is 2. The van der Waals surface area contributed by atoms with Crippen molar-refractivity contribution < 1.29 is 5.11 Å². The third-order valence-electron chi connectivity index (χ3n) is 2.40. The first kappa shape index (κ1) is 15.6. The molecule has 0 aromatic carbocycles. The molecular weight excluding hydrogens is 200 g/mol. The quantitative estimate of drug-likeness (QED) is 0.620. The van der Waals surface area contributed by atoms with Crippen LogP contribution in [0, 0.1) is 0 Å². The molecule has 16 heavy (non-hydrogen) atoms. The maximum Gasteiger partial charge on any atom is 0.0443 e. The highest BCUT2D eigenvalue weighted by molar-refractivity contribution is 5.01. The summed E-state index contributed by atoms with van der Waals surface area (Å²) in [6.45, 7) is 16.7. The number of nitrogens with one attached hydrogen (secondary N) is 1. The molecule has 3 nitrogen and oxygen atoms in total. The molecule has 96 valence electrons. The van der Waals surface area contributed by atoms with E-state index < -0.39 is 0 Å². The number of hydrogen-bond acceptors (Lipinski definition) is 3. The number of rotatable bonds is 8. The molecule has 0 spiro atoms. The molecule has 3 heteroatoms. The van der Waals surface area contributed by atoms with Crippen LogP contribution in [-0.4, -0.2) is 48.3 Å². The highest BCUT2D eigenvalue weighted by Gasteiger charge is 2.10. The van der Waals surface area contributed by atoms with Crippen molar-refractivity contribution >= 4 is 0 Å². The normalized spacial score (nSPS) is 12.1. The largest absolute Gasteiger partial charge is 0.396 e. The Morgan fingerprint density at radius 1 is 1.38 bits per heavy atom. The highest BCUT2D eigenvalue weighted by atomic mass is 16.3. The van der Waals surface area contributed by atoms with Crippen LogP contribution in [0.4, 0.5) is 0 Å². The van der Waals surface area contributed by atoms with E-state index in [1.165, 1.54) is 5.57 Å². The van der Waals surface area contributed by atoms with E-state index >= 15 is 0 Å². The molecule has 0 unspecified atom stereocenters. The van der Waals surface area contributed by atoms with E-state index in [9.17, 15) is 0 Å². The number of aliphatic hydroxyl groups is 1. The smallest absolute Gasteiger partial charge is 0.0443 e. The minimum atomic E-state index is 0.144. The van der Waals surface area contributed by atoms with Crippen molar-refractivity contribution in [1.82, 2.24) is 10.2 Å². The van der Waals surface area contributed by atoms with E-state index in [1.54, 1.807) is 0 Å². The zero-order valence-corrected chi connectivity index (χ0v) is 11.3. The SMILES string of the molecule is C=C(CNC(C)(C)C)CN(CC)CCCO. The summed E-state index contributed by atoms with van der Waals surface area (Å²) in [5, 5.41) is 12.2. The predicted molar refractivity (Wildman–Crippen MR) is 70.7 cm³/mol. The second-order valence-electron chi connectivity index (χ2n) is 5.30. The molecule has 0 aromatic rings. The molecule has 0 saturated heterocycles. The van der Waals surface area contributed by atoms with Crippen molar-refractivity contribution in [3.8, 4) is 0 Å². The van der Waals surface area contributed by atoms with Crippen molar-refractivity contribution in [2.45, 2.75) is 39.7 Å². The Labute approximate surface area is 101 Å². The molecule has 0 atom stereocenters. The van der Waals surface area contributed by atoms with Gasteiger partial charge in [-0.1, -0.05) is 13.5 Å². The molecule has 0 aliphatic heterocycles. The van der Waals surface area contributed by atoms with Gasteiger partial charge in [0.1, 0.15) is 0 Å². The Bertz CT molecular complexity index is 197. The standard InChI is InChI=1S/C13H28N2O/c1-6-15(8-7-9-16)11-12(2)10-14-13(3,4)5/h14,16H,2,6-11H2,1,3-5H3. The minimum Gasteiger partial charge on any atom is -0.396 e. The molecule has 0 aromatic heterocycles. The Morgan fingerprint density at radius 2 is 2.00 bits per heavy atom. The maximum atomic E-state index is 8.79. The molecule has 0 aliphatic rings. The highest BCUT2D eigenvalue weighted by Crippen LogP contribution is 2.02. The zero-order valence-electron chi connectivity index (χ0n) is 11.3. The van der Waals surface area contributed by atoms with Gasteiger partial charge in [-0.15, -0.1) is 0 Å². The first-order chi connectivity index (χ1) is 7.39. The zero-order chi connectivity index (χ0) is 12.6. The number of nitrogens with zero attached hydrogens (tertiary/aromatic N) is 1. The molecule has 0 fully saturated rings. The van der Waals surface area contributed by atoms with Gasteiger partial charge in [0.15, 0.2) is 0 Å². The topological polar surface area (TPSA) is 35.5 Å². The van der Waals surface area contributed by atoms with Crippen LogP contribution in [0.1, 0.15) is 34.1 Å². The lowest BCUT2D eigenvalue weighted by molar-refractivity contribution is 0.238. The Balaban J connectivity index is 3.83. The molecule has 0 saturated carbocycles. The van der Waals surface area contributed by atoms with Crippen LogP contribution < -0.4 is 5.32 Å². The lowest BCUT2D eigenvalue weighted by Crippen LogP contribution is -2.39. The first-order valence-electron chi connectivity index (χ1n) is 6.14. The molecule has 0 amide bonds. The number of aliphatic hydroxyl groups excluding tert-OH is 1. The van der Waals surface area contributed by atoms with Gasteiger partial charge in [0.2, 0.25) is 0 Å². The fourth-order valence-corrected chi connectivity index (χ4v) is 1.41. The van der Waals surface area contributed by atoms with Crippen LogP contribution in [-0.2, 0) is 0 Å². The van der Waals surface area contributed by atoms with Crippen LogP contribution in [0.3, 0.4) is 0 Å². The van der Waals surface area contributed by atoms with Gasteiger partial charge < -0.3 is 10.4 Å². The van der Waals surface area contributed by atoms with Crippen molar-refractivity contribution in [1.29, 1.82) is 0 Å². The van der Waals surface area contributed by atoms with E-state index in [0.29, 0.717) is 0 Å². The van der Waals surface area contributed by atoms with Crippen molar-refractivity contribution in [3.05, 3.63) is 12.2 Å². The monoisotopic (exact) mass is 228 g/mol. The first-order valence-corrected chi connectivity index (χ1v) is 6.14. The second-order valence-corrected chi connectivity index (χ2v) is 5.30. The summed E-state index contributed by atoms with van der Waals surface area (Å²) < 4.78 is 0. The summed E-state index contributed by atoms with van der Waals surface area (Å²) in [6.07, 6.45) is 0.841. The summed E-state index contributed by atoms with van der Waals surface area (Å²) in [7, 11) is 0. The molecule has 0 bridgehead atoms. The third kappa shape index (κ3) is 8.89. The molecule has 0 rings (SSSR count). The van der Waals surface area contributed by atoms with Crippen molar-refractivity contribution in [2.75, 3.05) is 32.8 Å². The maximum absolute atomic E-state index is 8.79. The Kier molecular flexibility index (Phi) is 7.64. The van der Waals surface area contributed by atoms with Gasteiger partial charge in [0.25, 0.3) is 0 Å². The molecule has 0 radical (unpaired) electrons. The fourth-order valence-electron chi connectivity index (χ4n) is 1.41. The van der Waals surface area contributed by atoms with E-state index in [4.69, 9.17) is 5.11 Å². The van der Waals surface area contributed by atoms with E-state index in [-0.39, 0.29) is 12.1 Å². The van der Waals surface area contributed by atoms with Crippen molar-refractivity contribution in [2.24, 2.45) is 0 Å². The molecular formula is C13H28N2O. The van der Waals surface area contributed by atoms with Gasteiger partial charge in [-0.05, 0) is 39.3 Å². The Hall–Kier alpha value is -0.380. The van der Waals surface area contributed by atoms with Crippen LogP contribution in [0.25, 0.3) is 0 Å². The molecule has 2 N–H and O–H groups in total. The van der Waals surface area contributed by atoms with E-state index in [1.807, 2.05) is 0 Å². The average Bonchev–Trinajstić information content (AvgIpc) is 2.20. The molecule has 0 aliphatic carbocycles. The lowest BCUT2D eigenvalue weighted by Gasteiger charge is -2.25. The van der Waals surface area contributed by atoms with Crippen LogP contribution in [0.15, 0.2) is 12.2 Å². The summed E-state index contributed by atoms with van der Waals surface area (Å²) in [4.78, 5) is 2.31. The summed E-state index contributed by atoms with van der Waals surface area (Å²) >= 11 is 0. The minimum absolute atomic E-state index is 0.144. The van der Waals surface area contributed by atoms with Crippen LogP contribution in [0.5, 0.6) is 0 Å². The average molecular weight is 228 g/mol. The predicted octanol–water partition coefficient (Wildman–Crippen LogP) is 1.64. The lowest BCUT2D eigenvalue weighted by atomic mass is 10.1. The Morgan fingerprint density at radius 3 is 2.44 bits per heavy atom. The van der Waals surface area contributed by atoms with Crippen LogP contribution >= 0.6 is 0 Å². The van der Waals surface area contributed by atoms with Crippen molar-refractivity contribution in [3.63, 3.8) is 0 Å². The summed E-state index contributed by atoms with van der Waals surface area (Å²) in [6, 6.07) is 0. The van der Waals surface area contributed by atoms with Gasteiger partial charge in [0, 0.05) is 31.8 Å². The van der Waals surface area contributed by atoms with Crippen LogP contribution in [0.2, 0.25) is 0 Å². The van der Waals surface area contributed by atoms with Gasteiger partial charge in [-0.25, -0.2) is 0 Å². The van der Waals surface area contributed by atoms with Gasteiger partial charge in [-0.3, -0.25) is 4.90 Å². The third-order valence-corrected chi connectivity index (χ3v) is 2.40. The van der Waals surface area contributed by atoms with E-state index in [2.05, 4.69) is 44.5 Å². The second kappa shape index (κ2) is 7.82. The van der Waals surface area contributed by atoms with Gasteiger partial charge in [0.05, 0.1) is 0 Å². The summed E-state index contributed by atoms with van der Waals surface area (Å²) in [5.74, 6) is 0. The van der Waals surface area contributed by atoms with Gasteiger partial charge >= 0.3 is 0 Å². The summed E-state index contributed by atoms with van der Waals surface area (Å²) in [5.41, 5.74) is 1.35. The molecule has 0 heterocycles.